The lowest BCUT2D eigenvalue weighted by molar-refractivity contribution is 0.0827. The van der Waals surface area contributed by atoms with Crippen molar-refractivity contribution in [3.63, 3.8) is 0 Å². The fraction of sp³-hybridized carbons (Fsp3) is 0.538. The van der Waals surface area contributed by atoms with Gasteiger partial charge < -0.3 is 15.1 Å². The Bertz CT molecular complexity index is 1190. The number of nitrogens with zero attached hydrogens (tertiary/aromatic N) is 3. The van der Waals surface area contributed by atoms with Crippen LogP contribution in [0.3, 0.4) is 0 Å². The number of benzene rings is 1. The van der Waals surface area contributed by atoms with E-state index >= 15 is 0 Å². The van der Waals surface area contributed by atoms with Crippen molar-refractivity contribution in [1.29, 1.82) is 0 Å². The zero-order chi connectivity index (χ0) is 26.8. The van der Waals surface area contributed by atoms with Crippen LogP contribution in [0.15, 0.2) is 29.2 Å². The maximum atomic E-state index is 13.3. The quantitative estimate of drug-likeness (QED) is 0.525. The molecule has 0 atom stereocenters. The van der Waals surface area contributed by atoms with Crippen molar-refractivity contribution in [2.45, 2.75) is 45.6 Å². The summed E-state index contributed by atoms with van der Waals surface area (Å²) in [6.07, 6.45) is 0.753. The minimum Gasteiger partial charge on any atom is -0.345 e. The van der Waals surface area contributed by atoms with Crippen molar-refractivity contribution >= 4 is 38.2 Å². The van der Waals surface area contributed by atoms with E-state index in [1.165, 1.54) is 44.8 Å². The van der Waals surface area contributed by atoms with Crippen molar-refractivity contribution in [2.24, 2.45) is 11.8 Å². The van der Waals surface area contributed by atoms with Gasteiger partial charge in [0.05, 0.1) is 10.5 Å². The maximum Gasteiger partial charge on any atom is 0.256 e. The molecule has 2 heterocycles. The van der Waals surface area contributed by atoms with Crippen LogP contribution in [-0.2, 0) is 23.0 Å². The molecule has 36 heavy (non-hydrogen) atoms. The first-order chi connectivity index (χ1) is 16.8. The van der Waals surface area contributed by atoms with Gasteiger partial charge in [0.2, 0.25) is 10.0 Å². The molecular formula is C26H38N4O4S2. The molecule has 8 nitrogen and oxygen atoms in total. The minimum atomic E-state index is -3.68. The van der Waals surface area contributed by atoms with Crippen LogP contribution in [0.2, 0.25) is 0 Å². The number of nitrogens with one attached hydrogen (secondary N) is 1. The van der Waals surface area contributed by atoms with Crippen LogP contribution in [0.5, 0.6) is 0 Å². The number of anilines is 1. The summed E-state index contributed by atoms with van der Waals surface area (Å²) in [5.74, 6) is -0.123. The predicted molar refractivity (Wildman–Crippen MR) is 145 cm³/mol. The van der Waals surface area contributed by atoms with Crippen LogP contribution < -0.4 is 5.32 Å². The van der Waals surface area contributed by atoms with Gasteiger partial charge in [-0.2, -0.15) is 4.31 Å². The van der Waals surface area contributed by atoms with Gasteiger partial charge in [0.15, 0.2) is 0 Å². The first-order valence-electron chi connectivity index (χ1n) is 12.3. The fourth-order valence-electron chi connectivity index (χ4n) is 4.26. The summed E-state index contributed by atoms with van der Waals surface area (Å²) in [4.78, 5) is 31.1. The Hall–Kier alpha value is -2.27. The van der Waals surface area contributed by atoms with E-state index in [0.717, 1.165) is 30.0 Å². The molecule has 0 fully saturated rings. The van der Waals surface area contributed by atoms with E-state index in [0.29, 0.717) is 29.2 Å². The Kier molecular flexibility index (Phi) is 8.97. The van der Waals surface area contributed by atoms with Crippen molar-refractivity contribution in [1.82, 2.24) is 14.1 Å². The van der Waals surface area contributed by atoms with Gasteiger partial charge in [-0.25, -0.2) is 8.42 Å². The lowest BCUT2D eigenvalue weighted by Gasteiger charge is -2.25. The molecule has 1 aromatic carbocycles. The molecule has 0 radical (unpaired) electrons. The van der Waals surface area contributed by atoms with Gasteiger partial charge in [-0.05, 0) is 55.1 Å². The highest BCUT2D eigenvalue weighted by molar-refractivity contribution is 7.89. The smallest absolute Gasteiger partial charge is 0.256 e. The number of likely N-dealkylation sites (N-methyl/N-ethyl adjacent to an activating group) is 1. The third-order valence-corrected chi connectivity index (χ3v) is 8.96. The summed E-state index contributed by atoms with van der Waals surface area (Å²) in [5.41, 5.74) is 1.89. The van der Waals surface area contributed by atoms with Gasteiger partial charge in [-0.15, -0.1) is 11.3 Å². The second-order valence-electron chi connectivity index (χ2n) is 10.5. The summed E-state index contributed by atoms with van der Waals surface area (Å²) in [5, 5.41) is 3.46. The largest absolute Gasteiger partial charge is 0.345 e. The zero-order valence-corrected chi connectivity index (χ0v) is 23.9. The third kappa shape index (κ3) is 6.34. The van der Waals surface area contributed by atoms with E-state index in [4.69, 9.17) is 0 Å². The summed E-state index contributed by atoms with van der Waals surface area (Å²) >= 11 is 1.43. The number of sulfonamides is 1. The van der Waals surface area contributed by atoms with Crippen LogP contribution in [0.1, 0.15) is 58.9 Å². The van der Waals surface area contributed by atoms with Gasteiger partial charge in [0, 0.05) is 50.7 Å². The highest BCUT2D eigenvalue weighted by atomic mass is 32.2. The minimum absolute atomic E-state index is 0.135. The molecule has 0 bridgehead atoms. The van der Waals surface area contributed by atoms with Crippen molar-refractivity contribution < 1.29 is 18.0 Å². The topological polar surface area (TPSA) is 90.0 Å². The number of rotatable bonds is 9. The van der Waals surface area contributed by atoms with E-state index in [1.54, 1.807) is 14.1 Å². The first kappa shape index (κ1) is 28.3. The third-order valence-electron chi connectivity index (χ3n) is 5.99. The molecule has 1 aliphatic heterocycles. The predicted octanol–water partition coefficient (Wildman–Crippen LogP) is 3.99. The Morgan fingerprint density at radius 1 is 1.06 bits per heavy atom. The number of hydrogen-bond donors (Lipinski definition) is 1. The standard InChI is InChI=1S/C26H38N4O4S2/c1-17(2)14-30(15-18(3)4)36(33,34)20-10-8-19(9-11-20)24(31)27-25-23(26(32)28(5)6)21-12-13-29(7)16-22(21)35-25/h8-11,17-18H,12-16H2,1-7H3,(H,27,31). The number of fused-ring (bicyclic) bond motifs is 1. The summed E-state index contributed by atoms with van der Waals surface area (Å²) < 4.78 is 28.1. The fourth-order valence-corrected chi connectivity index (χ4v) is 7.34. The number of thiophene rings is 1. The number of amides is 2. The molecule has 1 N–H and O–H groups in total. The van der Waals surface area contributed by atoms with Crippen LogP contribution in [0.4, 0.5) is 5.00 Å². The van der Waals surface area contributed by atoms with E-state index in [1.807, 2.05) is 34.7 Å². The lowest BCUT2D eigenvalue weighted by Crippen LogP contribution is -2.37. The Morgan fingerprint density at radius 3 is 2.17 bits per heavy atom. The molecule has 10 heteroatoms. The SMILES string of the molecule is CC(C)CN(CC(C)C)S(=O)(=O)c1ccc(C(=O)Nc2sc3c(c2C(=O)N(C)C)CCN(C)C3)cc1. The molecule has 2 aromatic rings. The van der Waals surface area contributed by atoms with Crippen molar-refractivity contribution in [3.8, 4) is 0 Å². The van der Waals surface area contributed by atoms with Crippen molar-refractivity contribution in [3.05, 3.63) is 45.8 Å². The number of hydrogen-bond acceptors (Lipinski definition) is 6. The monoisotopic (exact) mass is 534 g/mol. The molecule has 1 aliphatic rings. The maximum absolute atomic E-state index is 13.3. The summed E-state index contributed by atoms with van der Waals surface area (Å²) in [7, 11) is 1.76. The molecule has 1 aromatic heterocycles. The summed E-state index contributed by atoms with van der Waals surface area (Å²) in [6, 6.07) is 6.02. The zero-order valence-electron chi connectivity index (χ0n) is 22.3. The highest BCUT2D eigenvalue weighted by Gasteiger charge is 2.29. The first-order valence-corrected chi connectivity index (χ1v) is 14.5. The van der Waals surface area contributed by atoms with Crippen LogP contribution in [0, 0.1) is 11.8 Å². The lowest BCUT2D eigenvalue weighted by atomic mass is 10.0. The number of carbonyl (C=O) groups is 2. The Morgan fingerprint density at radius 2 is 1.64 bits per heavy atom. The Labute approximate surface area is 219 Å². The Balaban J connectivity index is 1.86. The molecule has 0 saturated heterocycles. The second-order valence-corrected chi connectivity index (χ2v) is 13.5. The van der Waals surface area contributed by atoms with E-state index in [2.05, 4.69) is 10.2 Å². The van der Waals surface area contributed by atoms with Gasteiger partial charge in [-0.3, -0.25) is 9.59 Å². The van der Waals surface area contributed by atoms with Crippen LogP contribution in [-0.4, -0.2) is 75.1 Å². The van der Waals surface area contributed by atoms with Gasteiger partial charge >= 0.3 is 0 Å². The molecule has 0 spiro atoms. The molecule has 0 aliphatic carbocycles. The van der Waals surface area contributed by atoms with E-state index < -0.39 is 10.0 Å². The number of carbonyl (C=O) groups excluding carboxylic acids is 2. The molecule has 198 valence electrons. The van der Waals surface area contributed by atoms with Gasteiger partial charge in [0.1, 0.15) is 5.00 Å². The van der Waals surface area contributed by atoms with E-state index in [9.17, 15) is 18.0 Å². The average molecular weight is 535 g/mol. The molecule has 2 amide bonds. The van der Waals surface area contributed by atoms with Gasteiger partial charge in [0.25, 0.3) is 11.8 Å². The van der Waals surface area contributed by atoms with Crippen molar-refractivity contribution in [2.75, 3.05) is 46.1 Å². The summed E-state index contributed by atoms with van der Waals surface area (Å²) in [6.45, 7) is 10.4. The molecular weight excluding hydrogens is 496 g/mol. The van der Waals surface area contributed by atoms with Crippen LogP contribution >= 0.6 is 11.3 Å². The highest BCUT2D eigenvalue weighted by Crippen LogP contribution is 2.37. The average Bonchev–Trinajstić information content (AvgIpc) is 3.13. The van der Waals surface area contributed by atoms with Gasteiger partial charge in [-0.1, -0.05) is 27.7 Å². The normalized spacial score (nSPS) is 14.4. The van der Waals surface area contributed by atoms with Crippen LogP contribution in [0.25, 0.3) is 0 Å². The molecule has 3 rings (SSSR count). The second kappa shape index (κ2) is 11.4. The van der Waals surface area contributed by atoms with E-state index in [-0.39, 0.29) is 28.5 Å². The molecule has 0 unspecified atom stereocenters. The molecule has 0 saturated carbocycles.